The average molecular weight is 546 g/mol. The first-order valence-corrected chi connectivity index (χ1v) is 10.8. The van der Waals surface area contributed by atoms with Crippen LogP contribution in [0.4, 0.5) is 5.69 Å². The lowest BCUT2D eigenvalue weighted by molar-refractivity contribution is 0.0177. The van der Waals surface area contributed by atoms with Crippen molar-refractivity contribution < 1.29 is 14.2 Å². The van der Waals surface area contributed by atoms with Crippen LogP contribution in [0.25, 0.3) is 0 Å². The second-order valence-electron chi connectivity index (χ2n) is 6.56. The standard InChI is InChI=1S/C21H30N4O3S.HI/c1-4-28-19-14-16(7-8-18(19)26-3)24-21(22-2)23-15-17(20-6-5-13-29-20)25-9-11-27-12-10-25;/h5-8,13-14,17H,4,9-12,15H2,1-3H3,(H2,22,23,24);1H. The monoisotopic (exact) mass is 546 g/mol. The Hall–Kier alpha value is -1.56. The Labute approximate surface area is 199 Å². The number of ether oxygens (including phenoxy) is 3. The van der Waals surface area contributed by atoms with Crippen LogP contribution in [0.3, 0.4) is 0 Å². The number of halogens is 1. The van der Waals surface area contributed by atoms with Crippen molar-refractivity contribution in [2.75, 3.05) is 58.9 Å². The largest absolute Gasteiger partial charge is 0.493 e. The number of methoxy groups -OCH3 is 1. The van der Waals surface area contributed by atoms with Crippen LogP contribution in [0.5, 0.6) is 11.5 Å². The van der Waals surface area contributed by atoms with Crippen LogP contribution < -0.4 is 20.1 Å². The molecular formula is C21H31IN4O3S. The third-order valence-electron chi connectivity index (χ3n) is 4.77. The molecule has 0 spiro atoms. The molecule has 1 aliphatic heterocycles. The smallest absolute Gasteiger partial charge is 0.195 e. The summed E-state index contributed by atoms with van der Waals surface area (Å²) in [5.74, 6) is 2.14. The molecular weight excluding hydrogens is 515 g/mol. The fourth-order valence-corrected chi connectivity index (χ4v) is 4.17. The molecule has 1 aromatic carbocycles. The van der Waals surface area contributed by atoms with Gasteiger partial charge in [0.2, 0.25) is 0 Å². The van der Waals surface area contributed by atoms with Crippen molar-refractivity contribution >= 4 is 47.0 Å². The number of benzene rings is 1. The van der Waals surface area contributed by atoms with Gasteiger partial charge >= 0.3 is 0 Å². The molecule has 1 aromatic heterocycles. The van der Waals surface area contributed by atoms with Gasteiger partial charge in [0.1, 0.15) is 0 Å². The maximum absolute atomic E-state index is 5.67. The van der Waals surface area contributed by atoms with E-state index in [9.17, 15) is 0 Å². The Balaban J connectivity index is 0.00000320. The number of hydrogen-bond donors (Lipinski definition) is 2. The molecule has 0 aliphatic carbocycles. The SMILES string of the molecule is CCOc1cc(NC(=NC)NCC(c2cccs2)N2CCOCC2)ccc1OC.I. The molecule has 1 aliphatic rings. The Morgan fingerprint density at radius 3 is 2.70 bits per heavy atom. The first-order chi connectivity index (χ1) is 14.2. The third-order valence-corrected chi connectivity index (χ3v) is 5.74. The molecule has 0 saturated carbocycles. The minimum Gasteiger partial charge on any atom is -0.493 e. The molecule has 30 heavy (non-hydrogen) atoms. The van der Waals surface area contributed by atoms with Crippen molar-refractivity contribution in [3.05, 3.63) is 40.6 Å². The minimum atomic E-state index is 0. The summed E-state index contributed by atoms with van der Waals surface area (Å²) < 4.78 is 16.6. The highest BCUT2D eigenvalue weighted by Gasteiger charge is 2.23. The molecule has 2 heterocycles. The molecule has 7 nitrogen and oxygen atoms in total. The molecule has 2 N–H and O–H groups in total. The molecule has 1 saturated heterocycles. The van der Waals surface area contributed by atoms with Gasteiger partial charge in [-0.1, -0.05) is 6.07 Å². The van der Waals surface area contributed by atoms with Gasteiger partial charge in [-0.15, -0.1) is 35.3 Å². The highest BCUT2D eigenvalue weighted by Crippen LogP contribution is 2.30. The molecule has 1 fully saturated rings. The molecule has 0 amide bonds. The first-order valence-electron chi connectivity index (χ1n) is 9.88. The van der Waals surface area contributed by atoms with Crippen LogP contribution in [0.2, 0.25) is 0 Å². The highest BCUT2D eigenvalue weighted by atomic mass is 127. The van der Waals surface area contributed by atoms with Crippen LogP contribution in [0, 0.1) is 0 Å². The predicted molar refractivity (Wildman–Crippen MR) is 134 cm³/mol. The second kappa shape index (κ2) is 13.0. The lowest BCUT2D eigenvalue weighted by atomic mass is 10.2. The Kier molecular flexibility index (Phi) is 10.7. The first kappa shape index (κ1) is 24.7. The average Bonchev–Trinajstić information content (AvgIpc) is 3.29. The Morgan fingerprint density at radius 2 is 2.07 bits per heavy atom. The molecule has 0 bridgehead atoms. The number of nitrogens with one attached hydrogen (secondary N) is 2. The number of anilines is 1. The molecule has 1 unspecified atom stereocenters. The van der Waals surface area contributed by atoms with Gasteiger partial charge in [0.15, 0.2) is 17.5 Å². The summed E-state index contributed by atoms with van der Waals surface area (Å²) in [6, 6.07) is 10.4. The van der Waals surface area contributed by atoms with Gasteiger partial charge < -0.3 is 24.8 Å². The van der Waals surface area contributed by atoms with Gasteiger partial charge in [0.25, 0.3) is 0 Å². The number of aliphatic imine (C=N–C) groups is 1. The van der Waals surface area contributed by atoms with Crippen LogP contribution >= 0.6 is 35.3 Å². The summed E-state index contributed by atoms with van der Waals surface area (Å²) >= 11 is 1.79. The minimum absolute atomic E-state index is 0. The fraction of sp³-hybridized carbons (Fsp3) is 0.476. The molecule has 0 radical (unpaired) electrons. The number of rotatable bonds is 8. The zero-order valence-corrected chi connectivity index (χ0v) is 20.9. The lowest BCUT2D eigenvalue weighted by Crippen LogP contribution is -2.44. The molecule has 9 heteroatoms. The maximum Gasteiger partial charge on any atom is 0.195 e. The highest BCUT2D eigenvalue weighted by molar-refractivity contribution is 14.0. The molecule has 166 valence electrons. The van der Waals surface area contributed by atoms with E-state index in [1.807, 2.05) is 25.1 Å². The number of guanidine groups is 1. The van der Waals surface area contributed by atoms with Crippen LogP contribution in [0.15, 0.2) is 40.7 Å². The van der Waals surface area contributed by atoms with Gasteiger partial charge in [-0.05, 0) is 30.5 Å². The van der Waals surface area contributed by atoms with E-state index in [4.69, 9.17) is 14.2 Å². The number of thiophene rings is 1. The quantitative estimate of drug-likeness (QED) is 0.298. The van der Waals surface area contributed by atoms with Gasteiger partial charge in [-0.3, -0.25) is 9.89 Å². The fourth-order valence-electron chi connectivity index (χ4n) is 3.31. The Morgan fingerprint density at radius 1 is 1.27 bits per heavy atom. The molecule has 1 atom stereocenters. The van der Waals surface area contributed by atoms with E-state index in [-0.39, 0.29) is 30.0 Å². The summed E-state index contributed by atoms with van der Waals surface area (Å²) in [5.41, 5.74) is 0.890. The number of nitrogens with zero attached hydrogens (tertiary/aromatic N) is 2. The van der Waals surface area contributed by atoms with Crippen LogP contribution in [-0.4, -0.2) is 64.5 Å². The number of morpholine rings is 1. The van der Waals surface area contributed by atoms with Crippen LogP contribution in [0.1, 0.15) is 17.8 Å². The summed E-state index contributed by atoms with van der Waals surface area (Å²) in [4.78, 5) is 8.20. The molecule has 2 aromatic rings. The molecule has 3 rings (SSSR count). The van der Waals surface area contributed by atoms with Gasteiger partial charge in [-0.2, -0.15) is 0 Å². The summed E-state index contributed by atoms with van der Waals surface area (Å²) in [6.45, 7) is 6.72. The van der Waals surface area contributed by atoms with Crippen molar-refractivity contribution in [1.82, 2.24) is 10.2 Å². The van der Waals surface area contributed by atoms with E-state index in [1.54, 1.807) is 25.5 Å². The summed E-state index contributed by atoms with van der Waals surface area (Å²) in [7, 11) is 3.42. The lowest BCUT2D eigenvalue weighted by Gasteiger charge is -2.34. The Bertz CT molecular complexity index is 783. The number of hydrogen-bond acceptors (Lipinski definition) is 6. The summed E-state index contributed by atoms with van der Waals surface area (Å²) in [5, 5.41) is 8.95. The van der Waals surface area contributed by atoms with Gasteiger partial charge in [-0.25, -0.2) is 0 Å². The van der Waals surface area contributed by atoms with Crippen molar-refractivity contribution in [2.24, 2.45) is 4.99 Å². The van der Waals surface area contributed by atoms with E-state index in [0.717, 1.165) is 38.5 Å². The van der Waals surface area contributed by atoms with Crippen molar-refractivity contribution in [2.45, 2.75) is 13.0 Å². The third kappa shape index (κ3) is 6.73. The zero-order chi connectivity index (χ0) is 20.5. The van der Waals surface area contributed by atoms with Gasteiger partial charge in [0.05, 0.1) is 33.0 Å². The van der Waals surface area contributed by atoms with Crippen molar-refractivity contribution in [1.29, 1.82) is 0 Å². The van der Waals surface area contributed by atoms with E-state index < -0.39 is 0 Å². The normalized spacial score (nSPS) is 15.8. The van der Waals surface area contributed by atoms with E-state index in [0.29, 0.717) is 24.1 Å². The van der Waals surface area contributed by atoms with Crippen LogP contribution in [-0.2, 0) is 4.74 Å². The van der Waals surface area contributed by atoms with Crippen molar-refractivity contribution in [3.63, 3.8) is 0 Å². The van der Waals surface area contributed by atoms with Gasteiger partial charge in [0, 0.05) is 43.3 Å². The second-order valence-corrected chi connectivity index (χ2v) is 7.54. The topological polar surface area (TPSA) is 67.4 Å². The predicted octanol–water partition coefficient (Wildman–Crippen LogP) is 3.83. The van der Waals surface area contributed by atoms with E-state index in [2.05, 4.69) is 38.0 Å². The zero-order valence-electron chi connectivity index (χ0n) is 17.7. The van der Waals surface area contributed by atoms with E-state index in [1.165, 1.54) is 4.88 Å². The van der Waals surface area contributed by atoms with Crippen molar-refractivity contribution in [3.8, 4) is 11.5 Å². The summed E-state index contributed by atoms with van der Waals surface area (Å²) in [6.07, 6.45) is 0. The van der Waals surface area contributed by atoms with E-state index >= 15 is 0 Å². The maximum atomic E-state index is 5.67.